The second kappa shape index (κ2) is 4.63. The summed E-state index contributed by atoms with van der Waals surface area (Å²) in [7, 11) is 0. The van der Waals surface area contributed by atoms with Crippen molar-refractivity contribution in [2.24, 2.45) is 10.8 Å². The molecule has 0 radical (unpaired) electrons. The van der Waals surface area contributed by atoms with Crippen molar-refractivity contribution >= 4 is 43.5 Å². The van der Waals surface area contributed by atoms with E-state index < -0.39 is 0 Å². The molecular weight excluding hydrogens is 375 g/mol. The van der Waals surface area contributed by atoms with E-state index in [1.807, 2.05) is 0 Å². The molecule has 2 aliphatic carbocycles. The first-order valence-corrected chi connectivity index (χ1v) is 8.60. The minimum absolute atomic E-state index is 0.116. The van der Waals surface area contributed by atoms with Gasteiger partial charge in [0.05, 0.1) is 4.87 Å². The molecule has 3 atom stereocenters. The average molecular weight is 397 g/mol. The lowest BCUT2D eigenvalue weighted by atomic mass is 9.52. The summed E-state index contributed by atoms with van der Waals surface area (Å²) in [5, 5.41) is 0. The zero-order valence-electron chi connectivity index (χ0n) is 11.5. The fourth-order valence-electron chi connectivity index (χ4n) is 3.45. The molecule has 0 heterocycles. The molecule has 0 aromatic heterocycles. The van der Waals surface area contributed by atoms with Crippen molar-refractivity contribution in [1.82, 2.24) is 0 Å². The monoisotopic (exact) mass is 394 g/mol. The van der Waals surface area contributed by atoms with Gasteiger partial charge in [0, 0.05) is 20.1 Å². The minimum Gasteiger partial charge on any atom is -0.118 e. The Morgan fingerprint density at radius 1 is 1.22 bits per heavy atom. The summed E-state index contributed by atoms with van der Waals surface area (Å²) < 4.78 is 1.30. The molecule has 2 rings (SSSR count). The van der Waals surface area contributed by atoms with Gasteiger partial charge in [0.25, 0.3) is 0 Å². The Morgan fingerprint density at radius 3 is 2.39 bits per heavy atom. The van der Waals surface area contributed by atoms with Crippen molar-refractivity contribution in [2.45, 2.75) is 56.7 Å². The van der Waals surface area contributed by atoms with Gasteiger partial charge in [0.15, 0.2) is 0 Å². The highest BCUT2D eigenvalue weighted by Crippen LogP contribution is 2.63. The Hall–Kier alpha value is 0.730. The fraction of sp³-hybridized carbons (Fsp3) is 0.733. The first-order chi connectivity index (χ1) is 8.13. The van der Waals surface area contributed by atoms with Crippen LogP contribution in [0.1, 0.15) is 47.0 Å². The van der Waals surface area contributed by atoms with Crippen LogP contribution in [-0.2, 0) is 0 Å². The normalized spacial score (nSPS) is 43.6. The highest BCUT2D eigenvalue weighted by molar-refractivity contribution is 9.11. The van der Waals surface area contributed by atoms with E-state index in [0.29, 0.717) is 4.83 Å². The highest BCUT2D eigenvalue weighted by Gasteiger charge is 2.54. The lowest BCUT2D eigenvalue weighted by Gasteiger charge is -2.56. The van der Waals surface area contributed by atoms with Crippen LogP contribution in [0.5, 0.6) is 0 Å². The summed E-state index contributed by atoms with van der Waals surface area (Å²) in [6.45, 7) is 9.12. The third-order valence-corrected chi connectivity index (χ3v) is 8.56. The van der Waals surface area contributed by atoms with Crippen molar-refractivity contribution in [3.8, 4) is 0 Å². The fourth-order valence-corrected chi connectivity index (χ4v) is 4.91. The average Bonchev–Trinajstić information content (AvgIpc) is 2.27. The molecule has 1 fully saturated rings. The van der Waals surface area contributed by atoms with Crippen molar-refractivity contribution in [1.29, 1.82) is 0 Å². The van der Waals surface area contributed by atoms with Crippen LogP contribution in [0.4, 0.5) is 0 Å². The highest BCUT2D eigenvalue weighted by atomic mass is 79.9. The molecule has 18 heavy (non-hydrogen) atoms. The molecule has 0 amide bonds. The van der Waals surface area contributed by atoms with Crippen LogP contribution in [0, 0.1) is 10.8 Å². The van der Waals surface area contributed by atoms with Crippen LogP contribution in [0.2, 0.25) is 0 Å². The Bertz CT molecular complexity index is 420. The SMILES string of the molecule is CC1=CC=C(Br)C(C)(C)[C@@]12CCC(C)(Cl)C(Br)C2. The first-order valence-electron chi connectivity index (χ1n) is 6.51. The molecule has 1 spiro atoms. The van der Waals surface area contributed by atoms with Gasteiger partial charge in [-0.25, -0.2) is 0 Å². The predicted molar refractivity (Wildman–Crippen MR) is 87.8 cm³/mol. The Kier molecular flexibility index (Phi) is 3.89. The molecule has 0 nitrogen and oxygen atoms in total. The molecule has 2 aliphatic rings. The Morgan fingerprint density at radius 2 is 1.83 bits per heavy atom. The molecule has 0 aromatic carbocycles. The smallest absolute Gasteiger partial charge is 0.0544 e. The van der Waals surface area contributed by atoms with E-state index in [9.17, 15) is 0 Å². The number of hydrogen-bond acceptors (Lipinski definition) is 0. The zero-order valence-corrected chi connectivity index (χ0v) is 15.4. The quantitative estimate of drug-likeness (QED) is 0.429. The third-order valence-electron chi connectivity index (χ3n) is 5.25. The van der Waals surface area contributed by atoms with Gasteiger partial charge < -0.3 is 0 Å². The number of rotatable bonds is 0. The van der Waals surface area contributed by atoms with Gasteiger partial charge in [-0.2, -0.15) is 0 Å². The summed E-state index contributed by atoms with van der Waals surface area (Å²) >= 11 is 14.2. The molecule has 102 valence electrons. The van der Waals surface area contributed by atoms with E-state index in [1.54, 1.807) is 0 Å². The number of halogens is 3. The largest absolute Gasteiger partial charge is 0.118 e. The summed E-state index contributed by atoms with van der Waals surface area (Å²) in [6.07, 6.45) is 7.79. The number of hydrogen-bond donors (Lipinski definition) is 0. The van der Waals surface area contributed by atoms with E-state index in [4.69, 9.17) is 11.6 Å². The topological polar surface area (TPSA) is 0 Å². The maximum Gasteiger partial charge on any atom is 0.0544 e. The Labute approximate surface area is 132 Å². The van der Waals surface area contributed by atoms with Crippen LogP contribution in [-0.4, -0.2) is 9.70 Å². The Balaban J connectivity index is 2.43. The standard InChI is InChI=1S/C15H21Br2Cl/c1-10-5-6-11(16)13(2,3)15(10)8-7-14(4,18)12(17)9-15/h5-6,12H,7-9H2,1-4H3/t12?,14?,15-/m1/s1. The van der Waals surface area contributed by atoms with Gasteiger partial charge in [-0.3, -0.25) is 0 Å². The molecule has 3 heteroatoms. The lowest BCUT2D eigenvalue weighted by Crippen LogP contribution is -2.50. The van der Waals surface area contributed by atoms with Gasteiger partial charge in [-0.15, -0.1) is 11.6 Å². The van der Waals surface area contributed by atoms with Crippen molar-refractivity contribution in [3.05, 3.63) is 22.2 Å². The number of allylic oxidation sites excluding steroid dienone is 4. The first kappa shape index (κ1) is 15.1. The van der Waals surface area contributed by atoms with Gasteiger partial charge in [-0.1, -0.05) is 63.4 Å². The maximum absolute atomic E-state index is 6.61. The van der Waals surface area contributed by atoms with E-state index in [1.165, 1.54) is 10.1 Å². The van der Waals surface area contributed by atoms with Crippen molar-refractivity contribution in [3.63, 3.8) is 0 Å². The molecule has 0 saturated heterocycles. The molecule has 0 aromatic rings. The molecule has 0 bridgehead atoms. The van der Waals surface area contributed by atoms with Crippen molar-refractivity contribution in [2.75, 3.05) is 0 Å². The van der Waals surface area contributed by atoms with Gasteiger partial charge in [0.2, 0.25) is 0 Å². The van der Waals surface area contributed by atoms with E-state index in [-0.39, 0.29) is 15.7 Å². The van der Waals surface area contributed by atoms with E-state index in [2.05, 4.69) is 71.7 Å². The van der Waals surface area contributed by atoms with E-state index >= 15 is 0 Å². The zero-order chi connectivity index (χ0) is 13.8. The van der Waals surface area contributed by atoms with Gasteiger partial charge in [-0.05, 0) is 33.1 Å². The van der Waals surface area contributed by atoms with Crippen LogP contribution in [0.15, 0.2) is 22.2 Å². The van der Waals surface area contributed by atoms with Crippen LogP contribution in [0.25, 0.3) is 0 Å². The molecule has 2 unspecified atom stereocenters. The molecule has 0 aliphatic heterocycles. The third kappa shape index (κ3) is 2.07. The second-order valence-electron chi connectivity index (χ2n) is 6.52. The maximum atomic E-state index is 6.61. The molecular formula is C15H21Br2Cl. The minimum atomic E-state index is -0.116. The number of alkyl halides is 2. The van der Waals surface area contributed by atoms with Crippen LogP contribution >= 0.6 is 43.5 Å². The summed E-state index contributed by atoms with van der Waals surface area (Å²) in [4.78, 5) is 0.247. The van der Waals surface area contributed by atoms with Gasteiger partial charge in [0.1, 0.15) is 0 Å². The van der Waals surface area contributed by atoms with Gasteiger partial charge >= 0.3 is 0 Å². The summed E-state index contributed by atoms with van der Waals surface area (Å²) in [6, 6.07) is 0. The molecule has 0 N–H and O–H groups in total. The second-order valence-corrected chi connectivity index (χ2v) is 9.34. The summed E-state index contributed by atoms with van der Waals surface area (Å²) in [5.74, 6) is 0. The van der Waals surface area contributed by atoms with Crippen LogP contribution in [0.3, 0.4) is 0 Å². The molecule has 1 saturated carbocycles. The summed E-state index contributed by atoms with van der Waals surface area (Å²) in [5.41, 5.74) is 1.86. The van der Waals surface area contributed by atoms with Crippen LogP contribution < -0.4 is 0 Å². The predicted octanol–water partition coefficient (Wildman–Crippen LogP) is 6.18. The van der Waals surface area contributed by atoms with Crippen molar-refractivity contribution < 1.29 is 0 Å². The van der Waals surface area contributed by atoms with E-state index in [0.717, 1.165) is 19.3 Å². The lowest BCUT2D eigenvalue weighted by molar-refractivity contribution is 0.0917.